The van der Waals surface area contributed by atoms with Crippen LogP contribution >= 0.6 is 23.2 Å². The molecule has 20 heavy (non-hydrogen) atoms. The molecule has 4 nitrogen and oxygen atoms in total. The van der Waals surface area contributed by atoms with E-state index in [9.17, 15) is 0 Å². The number of halogens is 2. The molecule has 1 aromatic heterocycles. The van der Waals surface area contributed by atoms with Crippen LogP contribution < -0.4 is 5.73 Å². The van der Waals surface area contributed by atoms with E-state index in [0.29, 0.717) is 28.2 Å². The maximum absolute atomic E-state index is 6.23. The summed E-state index contributed by atoms with van der Waals surface area (Å²) in [4.78, 5) is 4.39. The Balaban J connectivity index is 2.21. The third-order valence-electron chi connectivity index (χ3n) is 3.52. The molecular weight excluding hydrogens is 297 g/mol. The van der Waals surface area contributed by atoms with Crippen LogP contribution in [0.1, 0.15) is 44.0 Å². The molecule has 6 heteroatoms. The van der Waals surface area contributed by atoms with Crippen LogP contribution in [0.4, 0.5) is 0 Å². The fraction of sp³-hybridized carbons (Fsp3) is 0.429. The van der Waals surface area contributed by atoms with Crippen LogP contribution in [0.25, 0.3) is 0 Å². The second-order valence-electron chi connectivity index (χ2n) is 4.79. The predicted octanol–water partition coefficient (Wildman–Crippen LogP) is 3.94. The van der Waals surface area contributed by atoms with Gasteiger partial charge in [0.25, 0.3) is 0 Å². The number of hydrogen-bond donors (Lipinski definition) is 1. The molecule has 0 aliphatic heterocycles. The average molecular weight is 314 g/mol. The van der Waals surface area contributed by atoms with Crippen molar-refractivity contribution in [2.75, 3.05) is 0 Å². The standard InChI is InChI=1S/C14H17Cl2N3O/c1-3-14(17,4-2)13-18-12(19-20-13)7-9-5-6-10(15)8-11(9)16/h5-6,8H,3-4,7,17H2,1-2H3. The van der Waals surface area contributed by atoms with E-state index in [1.54, 1.807) is 12.1 Å². The summed E-state index contributed by atoms with van der Waals surface area (Å²) in [5.74, 6) is 1.04. The van der Waals surface area contributed by atoms with Gasteiger partial charge < -0.3 is 10.3 Å². The lowest BCUT2D eigenvalue weighted by Gasteiger charge is -2.20. The molecule has 0 amide bonds. The zero-order valence-corrected chi connectivity index (χ0v) is 13.0. The summed E-state index contributed by atoms with van der Waals surface area (Å²) in [6, 6.07) is 5.34. The highest BCUT2D eigenvalue weighted by Gasteiger charge is 2.29. The van der Waals surface area contributed by atoms with Crippen LogP contribution in [0.2, 0.25) is 10.0 Å². The van der Waals surface area contributed by atoms with Gasteiger partial charge in [-0.1, -0.05) is 48.3 Å². The highest BCUT2D eigenvalue weighted by atomic mass is 35.5. The number of benzene rings is 1. The fourth-order valence-electron chi connectivity index (χ4n) is 1.92. The SMILES string of the molecule is CCC(N)(CC)c1nc(Cc2ccc(Cl)cc2Cl)no1. The summed E-state index contributed by atoms with van der Waals surface area (Å²) in [7, 11) is 0. The molecule has 1 aromatic carbocycles. The van der Waals surface area contributed by atoms with Gasteiger partial charge in [0, 0.05) is 16.5 Å². The van der Waals surface area contributed by atoms with Crippen LogP contribution in [-0.2, 0) is 12.0 Å². The van der Waals surface area contributed by atoms with E-state index in [0.717, 1.165) is 18.4 Å². The Kier molecular flexibility index (Phi) is 4.68. The largest absolute Gasteiger partial charge is 0.337 e. The lowest BCUT2D eigenvalue weighted by molar-refractivity contribution is 0.267. The molecule has 0 bridgehead atoms. The number of hydrogen-bond acceptors (Lipinski definition) is 4. The number of rotatable bonds is 5. The van der Waals surface area contributed by atoms with Crippen LogP contribution in [0.5, 0.6) is 0 Å². The van der Waals surface area contributed by atoms with Gasteiger partial charge in [-0.2, -0.15) is 4.98 Å². The minimum Gasteiger partial charge on any atom is -0.337 e. The lowest BCUT2D eigenvalue weighted by atomic mass is 9.94. The minimum atomic E-state index is -0.560. The molecule has 0 saturated heterocycles. The molecule has 0 aliphatic rings. The first-order valence-electron chi connectivity index (χ1n) is 6.54. The second-order valence-corrected chi connectivity index (χ2v) is 5.64. The monoisotopic (exact) mass is 313 g/mol. The highest BCUT2D eigenvalue weighted by Crippen LogP contribution is 2.26. The zero-order valence-electron chi connectivity index (χ0n) is 11.5. The highest BCUT2D eigenvalue weighted by molar-refractivity contribution is 6.35. The molecule has 0 fully saturated rings. The van der Waals surface area contributed by atoms with Gasteiger partial charge in [-0.15, -0.1) is 0 Å². The van der Waals surface area contributed by atoms with Crippen molar-refractivity contribution in [1.29, 1.82) is 0 Å². The normalized spacial score (nSPS) is 11.8. The Labute approximate surface area is 128 Å². The van der Waals surface area contributed by atoms with E-state index in [-0.39, 0.29) is 0 Å². The Morgan fingerprint density at radius 3 is 2.55 bits per heavy atom. The van der Waals surface area contributed by atoms with Crippen LogP contribution in [0.3, 0.4) is 0 Å². The first-order valence-corrected chi connectivity index (χ1v) is 7.30. The van der Waals surface area contributed by atoms with Gasteiger partial charge in [0.05, 0.1) is 5.54 Å². The quantitative estimate of drug-likeness (QED) is 0.908. The summed E-state index contributed by atoms with van der Waals surface area (Å²) in [6.07, 6.45) is 1.97. The van der Waals surface area contributed by atoms with E-state index in [1.807, 2.05) is 19.9 Å². The van der Waals surface area contributed by atoms with Crippen LogP contribution in [0, 0.1) is 0 Å². The first kappa shape index (κ1) is 15.3. The van der Waals surface area contributed by atoms with Crippen molar-refractivity contribution in [3.8, 4) is 0 Å². The summed E-state index contributed by atoms with van der Waals surface area (Å²) < 4.78 is 5.29. The molecule has 0 aliphatic carbocycles. The summed E-state index contributed by atoms with van der Waals surface area (Å²) >= 11 is 12.0. The smallest absolute Gasteiger partial charge is 0.246 e. The Bertz CT molecular complexity index is 594. The van der Waals surface area contributed by atoms with Crippen LogP contribution in [0.15, 0.2) is 22.7 Å². The molecule has 1 heterocycles. The van der Waals surface area contributed by atoms with Crippen molar-refractivity contribution < 1.29 is 4.52 Å². The van der Waals surface area contributed by atoms with Crippen molar-refractivity contribution in [3.05, 3.63) is 45.5 Å². The van der Waals surface area contributed by atoms with Crippen molar-refractivity contribution in [3.63, 3.8) is 0 Å². The van der Waals surface area contributed by atoms with Gasteiger partial charge in [-0.3, -0.25) is 0 Å². The first-order chi connectivity index (χ1) is 9.48. The average Bonchev–Trinajstić information content (AvgIpc) is 2.90. The Morgan fingerprint density at radius 2 is 1.95 bits per heavy atom. The topological polar surface area (TPSA) is 64.9 Å². The molecular formula is C14H17Cl2N3O. The van der Waals surface area contributed by atoms with Gasteiger partial charge >= 0.3 is 0 Å². The van der Waals surface area contributed by atoms with E-state index in [1.165, 1.54) is 0 Å². The Morgan fingerprint density at radius 1 is 1.25 bits per heavy atom. The maximum Gasteiger partial charge on any atom is 0.246 e. The predicted molar refractivity (Wildman–Crippen MR) is 80.0 cm³/mol. The maximum atomic E-state index is 6.23. The van der Waals surface area contributed by atoms with E-state index >= 15 is 0 Å². The van der Waals surface area contributed by atoms with E-state index in [2.05, 4.69) is 10.1 Å². The molecule has 0 spiro atoms. The van der Waals surface area contributed by atoms with Gasteiger partial charge in [0.15, 0.2) is 5.82 Å². The summed E-state index contributed by atoms with van der Waals surface area (Å²) in [5, 5.41) is 5.17. The summed E-state index contributed by atoms with van der Waals surface area (Å²) in [5.41, 5.74) is 6.58. The van der Waals surface area contributed by atoms with Gasteiger partial charge in [0.1, 0.15) is 0 Å². The lowest BCUT2D eigenvalue weighted by Crippen LogP contribution is -2.35. The molecule has 0 atom stereocenters. The third-order valence-corrected chi connectivity index (χ3v) is 4.11. The van der Waals surface area contributed by atoms with Gasteiger partial charge in [-0.25, -0.2) is 0 Å². The second kappa shape index (κ2) is 6.12. The van der Waals surface area contributed by atoms with Crippen LogP contribution in [-0.4, -0.2) is 10.1 Å². The van der Waals surface area contributed by atoms with Gasteiger partial charge in [0.2, 0.25) is 5.89 Å². The zero-order chi connectivity index (χ0) is 14.8. The Hall–Kier alpha value is -1.10. The number of nitrogens with zero attached hydrogens (tertiary/aromatic N) is 2. The molecule has 2 aromatic rings. The molecule has 108 valence electrons. The van der Waals surface area contributed by atoms with Crippen molar-refractivity contribution in [1.82, 2.24) is 10.1 Å². The number of aromatic nitrogens is 2. The van der Waals surface area contributed by atoms with Crippen molar-refractivity contribution >= 4 is 23.2 Å². The minimum absolute atomic E-state index is 0.475. The molecule has 0 radical (unpaired) electrons. The van der Waals surface area contributed by atoms with E-state index in [4.69, 9.17) is 33.5 Å². The molecule has 2 N–H and O–H groups in total. The third kappa shape index (κ3) is 3.14. The molecule has 0 unspecified atom stereocenters. The van der Waals surface area contributed by atoms with Crippen molar-refractivity contribution in [2.45, 2.75) is 38.6 Å². The van der Waals surface area contributed by atoms with E-state index < -0.39 is 5.54 Å². The van der Waals surface area contributed by atoms with Gasteiger partial charge in [-0.05, 0) is 30.5 Å². The molecule has 2 rings (SSSR count). The molecule has 0 saturated carbocycles. The fourth-order valence-corrected chi connectivity index (χ4v) is 2.39. The van der Waals surface area contributed by atoms with Crippen molar-refractivity contribution in [2.24, 2.45) is 5.73 Å². The summed E-state index contributed by atoms with van der Waals surface area (Å²) in [6.45, 7) is 4.01. The number of nitrogens with two attached hydrogens (primary N) is 1.